The van der Waals surface area contributed by atoms with Gasteiger partial charge in [-0.15, -0.1) is 0 Å². The Hall–Kier alpha value is -2.13. The van der Waals surface area contributed by atoms with Crippen molar-refractivity contribution in [2.24, 2.45) is 0 Å². The molecular formula is C17H15ClN2O. The third-order valence-corrected chi connectivity index (χ3v) is 3.68. The normalized spacial score (nSPS) is 10.9. The van der Waals surface area contributed by atoms with Crippen LogP contribution in [0.4, 0.5) is 0 Å². The molecule has 2 aromatic carbocycles. The number of para-hydroxylation sites is 1. The van der Waals surface area contributed by atoms with E-state index < -0.39 is 0 Å². The highest BCUT2D eigenvalue weighted by Crippen LogP contribution is 2.32. The van der Waals surface area contributed by atoms with E-state index >= 15 is 0 Å². The number of ether oxygens (including phenoxy) is 1. The smallest absolute Gasteiger partial charge is 0.231 e. The van der Waals surface area contributed by atoms with Gasteiger partial charge in [-0.2, -0.15) is 4.98 Å². The van der Waals surface area contributed by atoms with Gasteiger partial charge >= 0.3 is 0 Å². The summed E-state index contributed by atoms with van der Waals surface area (Å²) in [4.78, 5) is 8.44. The highest BCUT2D eigenvalue weighted by atomic mass is 35.5. The molecule has 4 heteroatoms. The van der Waals surface area contributed by atoms with Gasteiger partial charge < -0.3 is 4.74 Å². The van der Waals surface area contributed by atoms with Crippen LogP contribution >= 0.6 is 11.6 Å². The molecule has 0 aliphatic carbocycles. The van der Waals surface area contributed by atoms with Gasteiger partial charge in [-0.1, -0.05) is 18.2 Å². The molecule has 106 valence electrons. The number of halogens is 1. The standard InChI is InChI=1S/C17H15ClN2O/c1-10-8-11(2)12(3)15(9-10)21-16-13-6-4-5-7-14(13)19-17(18)20-16/h4-9H,1-3H3. The molecule has 0 N–H and O–H groups in total. The van der Waals surface area contributed by atoms with Gasteiger partial charge in [-0.25, -0.2) is 4.98 Å². The summed E-state index contributed by atoms with van der Waals surface area (Å²) >= 11 is 5.99. The van der Waals surface area contributed by atoms with Crippen LogP contribution in [-0.4, -0.2) is 9.97 Å². The lowest BCUT2D eigenvalue weighted by Crippen LogP contribution is -1.96. The number of benzene rings is 2. The highest BCUT2D eigenvalue weighted by molar-refractivity contribution is 6.28. The van der Waals surface area contributed by atoms with E-state index in [0.29, 0.717) is 5.88 Å². The van der Waals surface area contributed by atoms with Gasteiger partial charge in [0.05, 0.1) is 10.9 Å². The van der Waals surface area contributed by atoms with Gasteiger partial charge in [-0.3, -0.25) is 0 Å². The molecule has 0 aliphatic rings. The van der Waals surface area contributed by atoms with Crippen molar-refractivity contribution in [3.63, 3.8) is 0 Å². The van der Waals surface area contributed by atoms with Crippen molar-refractivity contribution in [1.29, 1.82) is 0 Å². The number of rotatable bonds is 2. The summed E-state index contributed by atoms with van der Waals surface area (Å²) < 4.78 is 6.03. The maximum absolute atomic E-state index is 6.03. The maximum atomic E-state index is 6.03. The summed E-state index contributed by atoms with van der Waals surface area (Å²) in [5.74, 6) is 1.28. The van der Waals surface area contributed by atoms with Gasteiger partial charge in [0.15, 0.2) is 0 Å². The monoisotopic (exact) mass is 298 g/mol. The van der Waals surface area contributed by atoms with Crippen molar-refractivity contribution in [2.75, 3.05) is 0 Å². The highest BCUT2D eigenvalue weighted by Gasteiger charge is 2.11. The molecular weight excluding hydrogens is 284 g/mol. The third-order valence-electron chi connectivity index (χ3n) is 3.51. The van der Waals surface area contributed by atoms with Crippen LogP contribution < -0.4 is 4.74 Å². The average molecular weight is 299 g/mol. The molecule has 0 amide bonds. The van der Waals surface area contributed by atoms with E-state index in [1.54, 1.807) is 0 Å². The first-order valence-corrected chi connectivity index (χ1v) is 7.10. The predicted molar refractivity (Wildman–Crippen MR) is 85.3 cm³/mol. The van der Waals surface area contributed by atoms with Gasteiger partial charge in [0.2, 0.25) is 11.2 Å². The SMILES string of the molecule is Cc1cc(C)c(C)c(Oc2nc(Cl)nc3ccccc23)c1. The molecule has 0 unspecified atom stereocenters. The van der Waals surface area contributed by atoms with Crippen LogP contribution in [0.3, 0.4) is 0 Å². The van der Waals surface area contributed by atoms with Crippen molar-refractivity contribution < 1.29 is 4.74 Å². The third kappa shape index (κ3) is 2.69. The molecule has 0 saturated heterocycles. The molecule has 21 heavy (non-hydrogen) atoms. The summed E-state index contributed by atoms with van der Waals surface area (Å²) in [7, 11) is 0. The first-order chi connectivity index (χ1) is 10.0. The Morgan fingerprint density at radius 1 is 1.00 bits per heavy atom. The zero-order valence-electron chi connectivity index (χ0n) is 12.1. The molecule has 3 nitrogen and oxygen atoms in total. The second-order valence-electron chi connectivity index (χ2n) is 5.12. The van der Waals surface area contributed by atoms with Crippen molar-refractivity contribution in [3.8, 4) is 11.6 Å². The Labute approximate surface area is 128 Å². The van der Waals surface area contributed by atoms with Gasteiger partial charge in [0.25, 0.3) is 0 Å². The Kier molecular flexibility index (Phi) is 3.52. The van der Waals surface area contributed by atoms with Gasteiger partial charge in [0.1, 0.15) is 5.75 Å². The van der Waals surface area contributed by atoms with Crippen LogP contribution in [0.25, 0.3) is 10.9 Å². The molecule has 1 heterocycles. The number of nitrogens with zero attached hydrogens (tertiary/aromatic N) is 2. The van der Waals surface area contributed by atoms with Crippen molar-refractivity contribution in [3.05, 3.63) is 58.4 Å². The van der Waals surface area contributed by atoms with E-state index in [2.05, 4.69) is 23.0 Å². The topological polar surface area (TPSA) is 35.0 Å². The number of hydrogen-bond donors (Lipinski definition) is 0. The Bertz CT molecular complexity index is 830. The average Bonchev–Trinajstić information content (AvgIpc) is 2.44. The fraction of sp³-hybridized carbons (Fsp3) is 0.176. The van der Waals surface area contributed by atoms with E-state index in [9.17, 15) is 0 Å². The fourth-order valence-electron chi connectivity index (χ4n) is 2.31. The molecule has 0 fully saturated rings. The summed E-state index contributed by atoms with van der Waals surface area (Å²) in [6.07, 6.45) is 0. The van der Waals surface area contributed by atoms with Gasteiger partial charge in [-0.05, 0) is 67.3 Å². The fourth-order valence-corrected chi connectivity index (χ4v) is 2.48. The van der Waals surface area contributed by atoms with E-state index in [-0.39, 0.29) is 5.28 Å². The molecule has 0 aliphatic heterocycles. The van der Waals surface area contributed by atoms with Gasteiger partial charge in [0, 0.05) is 0 Å². The van der Waals surface area contributed by atoms with E-state index in [1.807, 2.05) is 44.2 Å². The first-order valence-electron chi connectivity index (χ1n) is 6.72. The minimum atomic E-state index is 0.186. The molecule has 1 aromatic heterocycles. The summed E-state index contributed by atoms with van der Waals surface area (Å²) in [6, 6.07) is 11.8. The quantitative estimate of drug-likeness (QED) is 0.624. The summed E-state index contributed by atoms with van der Waals surface area (Å²) in [5, 5.41) is 1.03. The van der Waals surface area contributed by atoms with Crippen LogP contribution in [0.5, 0.6) is 11.6 Å². The lowest BCUT2D eigenvalue weighted by molar-refractivity contribution is 0.464. The molecule has 0 atom stereocenters. The molecule has 3 rings (SSSR count). The summed E-state index contributed by atoms with van der Waals surface area (Å²) in [6.45, 7) is 6.15. The molecule has 0 spiro atoms. The van der Waals surface area contributed by atoms with Crippen molar-refractivity contribution in [2.45, 2.75) is 20.8 Å². The van der Waals surface area contributed by atoms with Crippen LogP contribution in [0.15, 0.2) is 36.4 Å². The van der Waals surface area contributed by atoms with Crippen LogP contribution in [0, 0.1) is 20.8 Å². The zero-order chi connectivity index (χ0) is 15.0. The maximum Gasteiger partial charge on any atom is 0.231 e. The lowest BCUT2D eigenvalue weighted by atomic mass is 10.1. The Balaban J connectivity index is 2.14. The molecule has 0 radical (unpaired) electrons. The largest absolute Gasteiger partial charge is 0.438 e. The van der Waals surface area contributed by atoms with Crippen molar-refractivity contribution >= 4 is 22.5 Å². The number of hydrogen-bond acceptors (Lipinski definition) is 3. The van der Waals surface area contributed by atoms with E-state index in [0.717, 1.165) is 27.8 Å². The second kappa shape index (κ2) is 5.34. The van der Waals surface area contributed by atoms with E-state index in [4.69, 9.17) is 16.3 Å². The second-order valence-corrected chi connectivity index (χ2v) is 5.46. The number of fused-ring (bicyclic) bond motifs is 1. The predicted octanol–water partition coefficient (Wildman–Crippen LogP) is 5.00. The lowest BCUT2D eigenvalue weighted by Gasteiger charge is -2.12. The van der Waals surface area contributed by atoms with Crippen LogP contribution in [0.1, 0.15) is 16.7 Å². The minimum absolute atomic E-state index is 0.186. The molecule has 0 bridgehead atoms. The first kappa shape index (κ1) is 13.8. The zero-order valence-corrected chi connectivity index (χ0v) is 12.9. The minimum Gasteiger partial charge on any atom is -0.438 e. The van der Waals surface area contributed by atoms with E-state index in [1.165, 1.54) is 5.56 Å². The number of aryl methyl sites for hydroxylation is 2. The van der Waals surface area contributed by atoms with Crippen molar-refractivity contribution in [1.82, 2.24) is 9.97 Å². The van der Waals surface area contributed by atoms with Crippen LogP contribution in [0.2, 0.25) is 5.28 Å². The number of aromatic nitrogens is 2. The Morgan fingerprint density at radius 2 is 1.76 bits per heavy atom. The Morgan fingerprint density at radius 3 is 2.57 bits per heavy atom. The summed E-state index contributed by atoms with van der Waals surface area (Å²) in [5.41, 5.74) is 4.21. The molecule has 0 saturated carbocycles. The molecule has 3 aromatic rings. The van der Waals surface area contributed by atoms with Crippen LogP contribution in [-0.2, 0) is 0 Å².